The van der Waals surface area contributed by atoms with Crippen molar-refractivity contribution in [1.82, 2.24) is 0 Å². The third kappa shape index (κ3) is 2.41. The zero-order valence-electron chi connectivity index (χ0n) is 8.49. The van der Waals surface area contributed by atoms with Crippen molar-refractivity contribution in [3.8, 4) is 0 Å². The smallest absolute Gasteiger partial charge is 0.337 e. The summed E-state index contributed by atoms with van der Waals surface area (Å²) in [7, 11) is 1.19. The molecule has 1 N–H and O–H groups in total. The Morgan fingerprint density at radius 1 is 1.38 bits per heavy atom. The number of esters is 1. The predicted molar refractivity (Wildman–Crippen MR) is 59.5 cm³/mol. The molecule has 0 atom stereocenters. The molecule has 1 aromatic carbocycles. The summed E-state index contributed by atoms with van der Waals surface area (Å²) in [6, 6.07) is 4.11. The fraction of sp³-hybridized carbons (Fsp3) is 0.0909. The van der Waals surface area contributed by atoms with Crippen LogP contribution in [0, 0.1) is 0 Å². The highest BCUT2D eigenvalue weighted by Gasteiger charge is 2.17. The van der Waals surface area contributed by atoms with Gasteiger partial charge < -0.3 is 9.84 Å². The number of carbonyl (C=O) groups excluding carboxylic acids is 1. The maximum absolute atomic E-state index is 11.2. The summed E-state index contributed by atoms with van der Waals surface area (Å²) in [5.41, 5.74) is 0.0778. The zero-order valence-corrected chi connectivity index (χ0v) is 9.25. The minimum absolute atomic E-state index is 0.0394. The van der Waals surface area contributed by atoms with E-state index < -0.39 is 11.9 Å². The Labute approximate surface area is 97.1 Å². The van der Waals surface area contributed by atoms with Gasteiger partial charge in [-0.3, -0.25) is 0 Å². The van der Waals surface area contributed by atoms with Crippen LogP contribution in [0.15, 0.2) is 24.8 Å². The number of hydrogen-bond acceptors (Lipinski definition) is 3. The van der Waals surface area contributed by atoms with E-state index in [1.54, 1.807) is 0 Å². The average molecular weight is 241 g/mol. The molecule has 0 saturated heterocycles. The number of carboxylic acids is 1. The van der Waals surface area contributed by atoms with Crippen molar-refractivity contribution in [2.45, 2.75) is 0 Å². The highest BCUT2D eigenvalue weighted by atomic mass is 35.5. The minimum Gasteiger partial charge on any atom is -0.478 e. The standard InChI is InChI=1S/C11H9ClO4/c1-6(11(15)16-2)9-5-7(12)3-4-8(9)10(13)14/h3-5H,1H2,2H3,(H,13,14). The molecule has 0 unspecified atom stereocenters. The van der Waals surface area contributed by atoms with Gasteiger partial charge in [0.05, 0.1) is 18.2 Å². The van der Waals surface area contributed by atoms with Crippen LogP contribution in [0.5, 0.6) is 0 Å². The predicted octanol–water partition coefficient (Wildman–Crippen LogP) is 2.22. The first kappa shape index (κ1) is 12.3. The molecular formula is C11H9ClO4. The van der Waals surface area contributed by atoms with Gasteiger partial charge in [-0.25, -0.2) is 9.59 Å². The summed E-state index contributed by atoms with van der Waals surface area (Å²) in [5, 5.41) is 9.25. The molecule has 0 heterocycles. The van der Waals surface area contributed by atoms with E-state index in [0.717, 1.165) is 0 Å². The third-order valence-corrected chi connectivity index (χ3v) is 2.20. The van der Waals surface area contributed by atoms with Crippen LogP contribution < -0.4 is 0 Å². The number of hydrogen-bond donors (Lipinski definition) is 1. The molecule has 0 spiro atoms. The van der Waals surface area contributed by atoms with Gasteiger partial charge in [0.15, 0.2) is 0 Å². The van der Waals surface area contributed by atoms with E-state index in [0.29, 0.717) is 5.02 Å². The van der Waals surface area contributed by atoms with Crippen molar-refractivity contribution in [3.05, 3.63) is 40.9 Å². The molecule has 4 nitrogen and oxygen atoms in total. The lowest BCUT2D eigenvalue weighted by molar-refractivity contribution is -0.133. The van der Waals surface area contributed by atoms with Crippen molar-refractivity contribution in [3.63, 3.8) is 0 Å². The Morgan fingerprint density at radius 2 is 2.00 bits per heavy atom. The molecule has 1 rings (SSSR count). The maximum Gasteiger partial charge on any atom is 0.337 e. The van der Waals surface area contributed by atoms with Crippen molar-refractivity contribution in [2.24, 2.45) is 0 Å². The number of carboxylic acid groups (broad SMARTS) is 1. The minimum atomic E-state index is -1.16. The van der Waals surface area contributed by atoms with Crippen LogP contribution in [0.4, 0.5) is 0 Å². The number of rotatable bonds is 3. The van der Waals surface area contributed by atoms with Gasteiger partial charge in [0.2, 0.25) is 0 Å². The SMILES string of the molecule is C=C(C(=O)OC)c1cc(Cl)ccc1C(=O)O. The highest BCUT2D eigenvalue weighted by molar-refractivity contribution is 6.31. The number of methoxy groups -OCH3 is 1. The van der Waals surface area contributed by atoms with Gasteiger partial charge in [0.1, 0.15) is 0 Å². The normalized spacial score (nSPS) is 9.62. The van der Waals surface area contributed by atoms with Crippen LogP contribution >= 0.6 is 11.6 Å². The molecule has 1 aromatic rings. The Morgan fingerprint density at radius 3 is 2.50 bits per heavy atom. The molecule has 0 aliphatic rings. The van der Waals surface area contributed by atoms with Crippen LogP contribution in [0.2, 0.25) is 5.02 Å². The number of benzene rings is 1. The molecule has 0 aliphatic carbocycles. The Balaban J connectivity index is 3.30. The van der Waals surface area contributed by atoms with Gasteiger partial charge in [-0.05, 0) is 18.2 Å². The Kier molecular flexibility index (Phi) is 3.68. The summed E-state index contributed by atoms with van der Waals surface area (Å²) in [4.78, 5) is 22.2. The molecule has 0 fully saturated rings. The van der Waals surface area contributed by atoms with E-state index in [-0.39, 0.29) is 16.7 Å². The first-order valence-electron chi connectivity index (χ1n) is 4.27. The largest absolute Gasteiger partial charge is 0.478 e. The number of carbonyl (C=O) groups is 2. The van der Waals surface area contributed by atoms with E-state index >= 15 is 0 Å². The van der Waals surface area contributed by atoms with E-state index in [2.05, 4.69) is 11.3 Å². The van der Waals surface area contributed by atoms with Gasteiger partial charge in [0.25, 0.3) is 0 Å². The van der Waals surface area contributed by atoms with Crippen LogP contribution in [-0.2, 0) is 9.53 Å². The van der Waals surface area contributed by atoms with E-state index in [9.17, 15) is 9.59 Å². The van der Waals surface area contributed by atoms with Gasteiger partial charge in [-0.2, -0.15) is 0 Å². The first-order valence-corrected chi connectivity index (χ1v) is 4.65. The molecule has 0 aliphatic heterocycles. The Bertz CT molecular complexity index is 465. The second-order valence-corrected chi connectivity index (χ2v) is 3.40. The zero-order chi connectivity index (χ0) is 12.3. The summed E-state index contributed by atoms with van der Waals surface area (Å²) in [6.07, 6.45) is 0. The van der Waals surface area contributed by atoms with Crippen LogP contribution in [0.25, 0.3) is 5.57 Å². The number of aromatic carboxylic acids is 1. The van der Waals surface area contributed by atoms with Crippen molar-refractivity contribution in [1.29, 1.82) is 0 Å². The fourth-order valence-electron chi connectivity index (χ4n) is 1.19. The van der Waals surface area contributed by atoms with Crippen LogP contribution in [0.3, 0.4) is 0 Å². The van der Waals surface area contributed by atoms with Crippen LogP contribution in [-0.4, -0.2) is 24.2 Å². The first-order chi connectivity index (χ1) is 7.47. The summed E-state index contributed by atoms with van der Waals surface area (Å²) in [6.45, 7) is 3.48. The van der Waals surface area contributed by atoms with Gasteiger partial charge in [0, 0.05) is 10.6 Å². The second-order valence-electron chi connectivity index (χ2n) is 2.97. The lowest BCUT2D eigenvalue weighted by Gasteiger charge is -2.07. The monoisotopic (exact) mass is 240 g/mol. The van der Waals surface area contributed by atoms with E-state index in [1.807, 2.05) is 0 Å². The fourth-order valence-corrected chi connectivity index (χ4v) is 1.36. The second kappa shape index (κ2) is 4.81. The van der Waals surface area contributed by atoms with Gasteiger partial charge in [-0.15, -0.1) is 0 Å². The summed E-state index contributed by atoms with van der Waals surface area (Å²) >= 11 is 5.73. The molecule has 0 radical (unpaired) electrons. The summed E-state index contributed by atoms with van der Waals surface area (Å²) < 4.78 is 4.47. The van der Waals surface area contributed by atoms with Crippen molar-refractivity contribution >= 4 is 29.1 Å². The molecule has 84 valence electrons. The topological polar surface area (TPSA) is 63.6 Å². The highest BCUT2D eigenvalue weighted by Crippen LogP contribution is 2.23. The molecular weight excluding hydrogens is 232 g/mol. The Hall–Kier alpha value is -1.81. The van der Waals surface area contributed by atoms with Crippen molar-refractivity contribution in [2.75, 3.05) is 7.11 Å². The van der Waals surface area contributed by atoms with E-state index in [1.165, 1.54) is 25.3 Å². The summed E-state index contributed by atoms with van der Waals surface area (Å²) in [5.74, 6) is -1.85. The quantitative estimate of drug-likeness (QED) is 0.650. The van der Waals surface area contributed by atoms with Gasteiger partial charge >= 0.3 is 11.9 Å². The molecule has 0 amide bonds. The van der Waals surface area contributed by atoms with E-state index in [4.69, 9.17) is 16.7 Å². The molecule has 5 heteroatoms. The molecule has 0 bridgehead atoms. The van der Waals surface area contributed by atoms with Gasteiger partial charge in [-0.1, -0.05) is 18.2 Å². The lowest BCUT2D eigenvalue weighted by atomic mass is 10.0. The molecule has 0 aromatic heterocycles. The van der Waals surface area contributed by atoms with Crippen LogP contribution in [0.1, 0.15) is 15.9 Å². The lowest BCUT2D eigenvalue weighted by Crippen LogP contribution is -2.08. The average Bonchev–Trinajstić information content (AvgIpc) is 2.26. The maximum atomic E-state index is 11.2. The third-order valence-electron chi connectivity index (χ3n) is 1.97. The number of halogens is 1. The van der Waals surface area contributed by atoms with Crippen molar-refractivity contribution < 1.29 is 19.4 Å². The number of ether oxygens (including phenoxy) is 1. The molecule has 16 heavy (non-hydrogen) atoms. The molecule has 0 saturated carbocycles.